The molecular weight excluding hydrogens is 294 g/mol. The zero-order valence-corrected chi connectivity index (χ0v) is 14.1. The number of rotatable bonds is 4. The van der Waals surface area contributed by atoms with E-state index in [0.717, 1.165) is 36.3 Å². The lowest BCUT2D eigenvalue weighted by molar-refractivity contribution is -0.0352. The first-order chi connectivity index (χ1) is 11.0. The van der Waals surface area contributed by atoms with E-state index in [1.54, 1.807) is 19.1 Å². The van der Waals surface area contributed by atoms with Gasteiger partial charge in [-0.25, -0.2) is 4.79 Å². The summed E-state index contributed by atoms with van der Waals surface area (Å²) >= 11 is 0. The van der Waals surface area contributed by atoms with Gasteiger partial charge in [0.15, 0.2) is 11.5 Å². The Balaban J connectivity index is 1.86. The minimum Gasteiger partial charge on any atom is -0.493 e. The molecule has 1 aliphatic carbocycles. The summed E-state index contributed by atoms with van der Waals surface area (Å²) in [6, 6.07) is 5.83. The van der Waals surface area contributed by atoms with Gasteiger partial charge in [-0.2, -0.15) is 0 Å². The third-order valence-corrected chi connectivity index (χ3v) is 4.92. The maximum atomic E-state index is 11.9. The number of ether oxygens (including phenoxy) is 3. The van der Waals surface area contributed by atoms with Crippen molar-refractivity contribution in [2.45, 2.75) is 50.7 Å². The topological polar surface area (TPSA) is 48.0 Å². The molecule has 0 aromatic heterocycles. The normalized spacial score (nSPS) is 25.3. The van der Waals surface area contributed by atoms with Crippen LogP contribution in [0.1, 0.15) is 44.6 Å². The largest absolute Gasteiger partial charge is 0.493 e. The van der Waals surface area contributed by atoms with Crippen LogP contribution < -0.4 is 9.47 Å². The van der Waals surface area contributed by atoms with Gasteiger partial charge in [-0.15, -0.1) is 0 Å². The molecule has 1 saturated carbocycles. The standard InChI is InChI=1S/C18H25NO4/c1-18(10-11-19(2)17(20)23-18)13-8-9-15(21-3)16(12-13)22-14-6-4-5-7-14/h8-9,12,14H,4-7,10-11H2,1-3H3. The summed E-state index contributed by atoms with van der Waals surface area (Å²) in [5.74, 6) is 1.47. The van der Waals surface area contributed by atoms with Crippen LogP contribution in [-0.2, 0) is 10.3 Å². The Labute approximate surface area is 137 Å². The Morgan fingerprint density at radius 1 is 1.26 bits per heavy atom. The second-order valence-electron chi connectivity index (χ2n) is 6.66. The van der Waals surface area contributed by atoms with Gasteiger partial charge in [-0.1, -0.05) is 6.07 Å². The third kappa shape index (κ3) is 3.23. The van der Waals surface area contributed by atoms with Crippen molar-refractivity contribution < 1.29 is 19.0 Å². The lowest BCUT2D eigenvalue weighted by Gasteiger charge is -2.38. The summed E-state index contributed by atoms with van der Waals surface area (Å²) in [6.07, 6.45) is 5.34. The number of hydrogen-bond acceptors (Lipinski definition) is 4. The van der Waals surface area contributed by atoms with Crippen molar-refractivity contribution in [1.29, 1.82) is 0 Å². The van der Waals surface area contributed by atoms with Gasteiger partial charge in [-0.05, 0) is 50.3 Å². The summed E-state index contributed by atoms with van der Waals surface area (Å²) in [5.41, 5.74) is 0.330. The number of methoxy groups -OCH3 is 1. The fraction of sp³-hybridized carbons (Fsp3) is 0.611. The van der Waals surface area contributed by atoms with Crippen molar-refractivity contribution in [3.05, 3.63) is 23.8 Å². The minimum atomic E-state index is -0.621. The predicted octanol–water partition coefficient (Wildman–Crippen LogP) is 3.70. The molecule has 2 aliphatic rings. The van der Waals surface area contributed by atoms with E-state index in [0.29, 0.717) is 6.54 Å². The zero-order valence-electron chi connectivity index (χ0n) is 14.1. The van der Waals surface area contributed by atoms with Crippen LogP contribution in [0, 0.1) is 0 Å². The molecule has 23 heavy (non-hydrogen) atoms. The summed E-state index contributed by atoms with van der Waals surface area (Å²) in [4.78, 5) is 13.5. The monoisotopic (exact) mass is 319 g/mol. The molecule has 1 atom stereocenters. The summed E-state index contributed by atoms with van der Waals surface area (Å²) in [7, 11) is 3.40. The van der Waals surface area contributed by atoms with Gasteiger partial charge in [0.1, 0.15) is 5.60 Å². The number of carbonyl (C=O) groups is 1. The molecule has 1 aromatic rings. The highest BCUT2D eigenvalue weighted by Gasteiger charge is 2.37. The van der Waals surface area contributed by atoms with Gasteiger partial charge in [-0.3, -0.25) is 0 Å². The van der Waals surface area contributed by atoms with Gasteiger partial charge in [0, 0.05) is 20.0 Å². The van der Waals surface area contributed by atoms with Gasteiger partial charge in [0.05, 0.1) is 13.2 Å². The molecule has 1 saturated heterocycles. The first-order valence-electron chi connectivity index (χ1n) is 8.31. The number of hydrogen-bond donors (Lipinski definition) is 0. The van der Waals surface area contributed by atoms with E-state index < -0.39 is 5.60 Å². The van der Waals surface area contributed by atoms with Crippen LogP contribution in [0.25, 0.3) is 0 Å². The van der Waals surface area contributed by atoms with Gasteiger partial charge in [0.2, 0.25) is 0 Å². The number of carbonyl (C=O) groups excluding carboxylic acids is 1. The SMILES string of the molecule is COc1ccc(C2(C)CCN(C)C(=O)O2)cc1OC1CCCC1. The summed E-state index contributed by atoms with van der Waals surface area (Å²) < 4.78 is 17.2. The minimum absolute atomic E-state index is 0.256. The molecule has 0 spiro atoms. The Morgan fingerprint density at radius 3 is 2.65 bits per heavy atom. The molecule has 2 fully saturated rings. The number of amides is 1. The van der Waals surface area contributed by atoms with E-state index in [1.807, 2.05) is 25.1 Å². The molecule has 0 N–H and O–H groups in total. The number of nitrogens with zero attached hydrogens (tertiary/aromatic N) is 1. The predicted molar refractivity (Wildman–Crippen MR) is 87.0 cm³/mol. The second-order valence-corrected chi connectivity index (χ2v) is 6.66. The first kappa shape index (κ1) is 16.0. The van der Waals surface area contributed by atoms with Crippen LogP contribution in [0.2, 0.25) is 0 Å². The Morgan fingerprint density at radius 2 is 2.00 bits per heavy atom. The average molecular weight is 319 g/mol. The van der Waals surface area contributed by atoms with E-state index in [-0.39, 0.29) is 12.2 Å². The van der Waals surface area contributed by atoms with Crippen LogP contribution >= 0.6 is 0 Å². The van der Waals surface area contributed by atoms with E-state index in [1.165, 1.54) is 12.8 Å². The maximum Gasteiger partial charge on any atom is 0.410 e. The van der Waals surface area contributed by atoms with Crippen LogP contribution in [-0.4, -0.2) is 37.8 Å². The fourth-order valence-electron chi connectivity index (χ4n) is 3.28. The summed E-state index contributed by atoms with van der Waals surface area (Å²) in [6.45, 7) is 2.64. The van der Waals surface area contributed by atoms with E-state index in [4.69, 9.17) is 14.2 Å². The molecule has 126 valence electrons. The molecule has 3 rings (SSSR count). The lowest BCUT2D eigenvalue weighted by atomic mass is 9.90. The molecule has 1 heterocycles. The second kappa shape index (κ2) is 6.30. The average Bonchev–Trinajstić information content (AvgIpc) is 3.04. The molecule has 1 unspecified atom stereocenters. The van der Waals surface area contributed by atoms with Crippen molar-refractivity contribution in [2.24, 2.45) is 0 Å². The molecule has 0 bridgehead atoms. The highest BCUT2D eigenvalue weighted by atomic mass is 16.6. The lowest BCUT2D eigenvalue weighted by Crippen LogP contribution is -2.44. The number of cyclic esters (lactones) is 1. The van der Waals surface area contributed by atoms with Crippen molar-refractivity contribution in [3.63, 3.8) is 0 Å². The highest BCUT2D eigenvalue weighted by molar-refractivity contribution is 5.69. The Kier molecular flexibility index (Phi) is 4.37. The Bertz CT molecular complexity index is 582. The molecule has 0 radical (unpaired) electrons. The highest BCUT2D eigenvalue weighted by Crippen LogP contribution is 2.39. The van der Waals surface area contributed by atoms with E-state index in [2.05, 4.69) is 0 Å². The van der Waals surface area contributed by atoms with Gasteiger partial charge in [0.25, 0.3) is 0 Å². The quantitative estimate of drug-likeness (QED) is 0.849. The van der Waals surface area contributed by atoms with Crippen molar-refractivity contribution in [2.75, 3.05) is 20.7 Å². The summed E-state index contributed by atoms with van der Waals surface area (Å²) in [5, 5.41) is 0. The van der Waals surface area contributed by atoms with Crippen LogP contribution in [0.5, 0.6) is 11.5 Å². The molecule has 1 amide bonds. The maximum absolute atomic E-state index is 11.9. The molecule has 5 nitrogen and oxygen atoms in total. The van der Waals surface area contributed by atoms with E-state index >= 15 is 0 Å². The first-order valence-corrected chi connectivity index (χ1v) is 8.31. The zero-order chi connectivity index (χ0) is 16.4. The molecule has 1 aliphatic heterocycles. The van der Waals surface area contributed by atoms with Crippen molar-refractivity contribution in [1.82, 2.24) is 4.90 Å². The van der Waals surface area contributed by atoms with E-state index in [9.17, 15) is 4.79 Å². The number of benzene rings is 1. The van der Waals surface area contributed by atoms with Crippen molar-refractivity contribution in [3.8, 4) is 11.5 Å². The molecule has 5 heteroatoms. The van der Waals surface area contributed by atoms with Gasteiger partial charge >= 0.3 is 6.09 Å². The fourth-order valence-corrected chi connectivity index (χ4v) is 3.28. The Hall–Kier alpha value is -1.91. The smallest absolute Gasteiger partial charge is 0.410 e. The molecule has 1 aromatic carbocycles. The van der Waals surface area contributed by atoms with Gasteiger partial charge < -0.3 is 19.1 Å². The van der Waals surface area contributed by atoms with Crippen LogP contribution in [0.3, 0.4) is 0 Å². The third-order valence-electron chi connectivity index (χ3n) is 4.92. The van der Waals surface area contributed by atoms with Crippen LogP contribution in [0.4, 0.5) is 4.79 Å². The van der Waals surface area contributed by atoms with Crippen molar-refractivity contribution >= 4 is 6.09 Å². The van der Waals surface area contributed by atoms with Crippen LogP contribution in [0.15, 0.2) is 18.2 Å². The molecular formula is C18H25NO4.